The third kappa shape index (κ3) is 4.14. The average Bonchev–Trinajstić information content (AvgIpc) is 3.55. The number of fused-ring (bicyclic) bond motifs is 2. The summed E-state index contributed by atoms with van der Waals surface area (Å²) in [6, 6.07) is 12.3. The van der Waals surface area contributed by atoms with Crippen molar-refractivity contribution in [3.63, 3.8) is 0 Å². The standard InChI is InChI=1S/C26H27ClN2O4S/c1-34-17-8-6-15(7-9-17)14-2-4-16(5-3-14)24-18(27)10-19-20(29-24)11-23(28-19)33-22-13-32-25-21(30)12-31-26(22)25/h2-6,10-11,17,21-22,25-26,28,30H,7-9,12-13H2,1H3/t17?,21-,22-,25?,26-/m1/s1. The van der Waals surface area contributed by atoms with Crippen molar-refractivity contribution in [2.75, 3.05) is 19.5 Å². The second kappa shape index (κ2) is 9.21. The SMILES string of the molecule is CSC1CC=C(c2ccc(-c3nc4cc(O[C@@H]5COC6[C@H](O)CO[C@@H]65)[nH]c4cc3Cl)cc2)CC1. The molecule has 2 fully saturated rings. The maximum absolute atomic E-state index is 9.94. The largest absolute Gasteiger partial charge is 0.470 e. The molecule has 0 spiro atoms. The van der Waals surface area contributed by atoms with Crippen LogP contribution in [0.5, 0.6) is 5.88 Å². The molecular formula is C26H27ClN2O4S. The van der Waals surface area contributed by atoms with Crippen LogP contribution in [0.4, 0.5) is 0 Å². The van der Waals surface area contributed by atoms with E-state index in [1.165, 1.54) is 17.6 Å². The van der Waals surface area contributed by atoms with Gasteiger partial charge in [0.05, 0.1) is 35.0 Å². The highest BCUT2D eigenvalue weighted by atomic mass is 35.5. The van der Waals surface area contributed by atoms with Crippen molar-refractivity contribution >= 4 is 40.0 Å². The van der Waals surface area contributed by atoms with Crippen molar-refractivity contribution in [2.45, 2.75) is 48.9 Å². The number of aromatic amines is 1. The van der Waals surface area contributed by atoms with Crippen LogP contribution < -0.4 is 4.74 Å². The number of nitrogens with one attached hydrogen (secondary N) is 1. The molecule has 1 aliphatic carbocycles. The van der Waals surface area contributed by atoms with Crippen LogP contribution >= 0.6 is 23.4 Å². The Morgan fingerprint density at radius 3 is 2.68 bits per heavy atom. The number of rotatable bonds is 5. The van der Waals surface area contributed by atoms with Crippen molar-refractivity contribution < 1.29 is 19.3 Å². The van der Waals surface area contributed by atoms with Crippen LogP contribution in [0.3, 0.4) is 0 Å². The number of thioether (sulfide) groups is 1. The molecule has 1 aromatic carbocycles. The van der Waals surface area contributed by atoms with Gasteiger partial charge in [0.15, 0.2) is 12.0 Å². The van der Waals surface area contributed by atoms with Gasteiger partial charge in [-0.2, -0.15) is 11.8 Å². The Kier molecular flexibility index (Phi) is 6.07. The van der Waals surface area contributed by atoms with E-state index in [2.05, 4.69) is 41.6 Å². The van der Waals surface area contributed by atoms with E-state index in [1.807, 2.05) is 23.9 Å². The topological polar surface area (TPSA) is 76.6 Å². The molecule has 0 radical (unpaired) electrons. The highest BCUT2D eigenvalue weighted by Gasteiger charge is 2.48. The first-order valence-corrected chi connectivity index (χ1v) is 13.4. The molecule has 2 aliphatic heterocycles. The van der Waals surface area contributed by atoms with Crippen LogP contribution in [0, 0.1) is 0 Å². The fraction of sp³-hybridized carbons (Fsp3) is 0.423. The lowest BCUT2D eigenvalue weighted by atomic mass is 9.92. The van der Waals surface area contributed by atoms with Crippen LogP contribution in [0.15, 0.2) is 42.5 Å². The number of benzene rings is 1. The van der Waals surface area contributed by atoms with E-state index in [4.69, 9.17) is 30.8 Å². The minimum Gasteiger partial charge on any atom is -0.470 e. The van der Waals surface area contributed by atoms with Gasteiger partial charge in [-0.25, -0.2) is 4.98 Å². The molecule has 0 saturated carbocycles. The summed E-state index contributed by atoms with van der Waals surface area (Å²) >= 11 is 8.58. The lowest BCUT2D eigenvalue weighted by molar-refractivity contribution is 0.00794. The summed E-state index contributed by atoms with van der Waals surface area (Å²) in [6.07, 6.45) is 6.60. The number of aliphatic hydroxyl groups is 1. The van der Waals surface area contributed by atoms with Crippen molar-refractivity contribution in [3.8, 4) is 17.1 Å². The highest BCUT2D eigenvalue weighted by Crippen LogP contribution is 2.35. The molecule has 3 aliphatic rings. The molecule has 4 heterocycles. The molecule has 3 aromatic rings. The monoisotopic (exact) mass is 498 g/mol. The van der Waals surface area contributed by atoms with Crippen LogP contribution in [-0.2, 0) is 9.47 Å². The number of pyridine rings is 1. The first kappa shape index (κ1) is 22.4. The number of nitrogens with zero attached hydrogens (tertiary/aromatic N) is 1. The zero-order valence-electron chi connectivity index (χ0n) is 18.9. The van der Waals surface area contributed by atoms with E-state index in [1.54, 1.807) is 0 Å². The summed E-state index contributed by atoms with van der Waals surface area (Å²) in [7, 11) is 0. The van der Waals surface area contributed by atoms with Gasteiger partial charge in [0, 0.05) is 16.9 Å². The van der Waals surface area contributed by atoms with Gasteiger partial charge in [-0.3, -0.25) is 0 Å². The highest BCUT2D eigenvalue weighted by molar-refractivity contribution is 7.99. The van der Waals surface area contributed by atoms with Crippen molar-refractivity contribution in [1.82, 2.24) is 9.97 Å². The lowest BCUT2D eigenvalue weighted by Crippen LogP contribution is -2.34. The fourth-order valence-electron chi connectivity index (χ4n) is 5.11. The predicted octanol–water partition coefficient (Wildman–Crippen LogP) is 5.09. The zero-order valence-corrected chi connectivity index (χ0v) is 20.4. The quantitative estimate of drug-likeness (QED) is 0.510. The molecule has 8 heteroatoms. The Labute approximate surface area is 207 Å². The number of ether oxygens (including phenoxy) is 3. The maximum atomic E-state index is 9.94. The number of hydrogen-bond donors (Lipinski definition) is 2. The maximum Gasteiger partial charge on any atom is 0.193 e. The molecule has 2 aromatic heterocycles. The summed E-state index contributed by atoms with van der Waals surface area (Å²) < 4.78 is 17.4. The van der Waals surface area contributed by atoms with Crippen molar-refractivity contribution in [1.29, 1.82) is 0 Å². The Balaban J connectivity index is 1.21. The zero-order chi connectivity index (χ0) is 23.2. The second-order valence-electron chi connectivity index (χ2n) is 9.14. The minimum atomic E-state index is -0.600. The summed E-state index contributed by atoms with van der Waals surface area (Å²) in [6.45, 7) is 0.652. The minimum absolute atomic E-state index is 0.266. The summed E-state index contributed by atoms with van der Waals surface area (Å²) in [5.74, 6) is 0.582. The molecule has 178 valence electrons. The van der Waals surface area contributed by atoms with Gasteiger partial charge in [-0.05, 0) is 42.7 Å². The first-order valence-electron chi connectivity index (χ1n) is 11.7. The van der Waals surface area contributed by atoms with Gasteiger partial charge in [-0.1, -0.05) is 41.9 Å². The molecule has 0 bridgehead atoms. The molecule has 34 heavy (non-hydrogen) atoms. The van der Waals surface area contributed by atoms with Gasteiger partial charge < -0.3 is 24.3 Å². The van der Waals surface area contributed by atoms with Gasteiger partial charge in [-0.15, -0.1) is 0 Å². The van der Waals surface area contributed by atoms with Crippen LogP contribution in [0.2, 0.25) is 5.02 Å². The Bertz CT molecular complexity index is 1230. The van der Waals surface area contributed by atoms with Crippen LogP contribution in [0.25, 0.3) is 27.9 Å². The molecule has 2 N–H and O–H groups in total. The van der Waals surface area contributed by atoms with E-state index in [-0.39, 0.29) is 24.9 Å². The molecule has 6 nitrogen and oxygen atoms in total. The fourth-order valence-corrected chi connectivity index (χ4v) is 6.01. The average molecular weight is 499 g/mol. The molecule has 2 unspecified atom stereocenters. The van der Waals surface area contributed by atoms with Gasteiger partial charge in [0.2, 0.25) is 0 Å². The van der Waals surface area contributed by atoms with Crippen molar-refractivity contribution in [3.05, 3.63) is 53.1 Å². The van der Waals surface area contributed by atoms with Crippen LogP contribution in [-0.4, -0.2) is 64.2 Å². The summed E-state index contributed by atoms with van der Waals surface area (Å²) in [5.41, 5.74) is 6.01. The number of aromatic nitrogens is 2. The molecular weight excluding hydrogens is 472 g/mol. The number of aliphatic hydroxyl groups excluding tert-OH is 1. The third-order valence-electron chi connectivity index (χ3n) is 7.02. The van der Waals surface area contributed by atoms with Gasteiger partial charge in [0.1, 0.15) is 18.3 Å². The normalized spacial score (nSPS) is 28.8. The number of allylic oxidation sites excluding steroid dienone is 2. The summed E-state index contributed by atoms with van der Waals surface area (Å²) in [5, 5.41) is 11.3. The Hall–Kier alpha value is -2.03. The van der Waals surface area contributed by atoms with Gasteiger partial charge in [0.25, 0.3) is 0 Å². The van der Waals surface area contributed by atoms with E-state index >= 15 is 0 Å². The smallest absolute Gasteiger partial charge is 0.193 e. The Morgan fingerprint density at radius 1 is 1.12 bits per heavy atom. The number of halogens is 1. The molecule has 2 saturated heterocycles. The molecule has 5 atom stereocenters. The first-order chi connectivity index (χ1) is 16.6. The molecule has 0 amide bonds. The van der Waals surface area contributed by atoms with Gasteiger partial charge >= 0.3 is 0 Å². The number of hydrogen-bond acceptors (Lipinski definition) is 6. The van der Waals surface area contributed by atoms with Crippen molar-refractivity contribution in [2.24, 2.45) is 0 Å². The van der Waals surface area contributed by atoms with E-state index in [0.29, 0.717) is 17.5 Å². The van der Waals surface area contributed by atoms with Crippen LogP contribution in [0.1, 0.15) is 24.8 Å². The van der Waals surface area contributed by atoms with E-state index in [9.17, 15) is 5.11 Å². The Morgan fingerprint density at radius 2 is 1.91 bits per heavy atom. The lowest BCUT2D eigenvalue weighted by Gasteiger charge is -2.20. The molecule has 6 rings (SSSR count). The second-order valence-corrected chi connectivity index (χ2v) is 10.7. The number of H-pyrrole nitrogens is 1. The van der Waals surface area contributed by atoms with E-state index in [0.717, 1.165) is 40.4 Å². The predicted molar refractivity (Wildman–Crippen MR) is 136 cm³/mol. The third-order valence-corrected chi connectivity index (χ3v) is 8.40. The summed E-state index contributed by atoms with van der Waals surface area (Å²) in [4.78, 5) is 8.06. The van der Waals surface area contributed by atoms with E-state index < -0.39 is 6.10 Å².